The van der Waals surface area contributed by atoms with Crippen molar-refractivity contribution in [1.29, 1.82) is 0 Å². The second-order valence-electron chi connectivity index (χ2n) is 4.70. The largest absolute Gasteiger partial charge is 0.325 e. The molecule has 2 aromatic carbocycles. The lowest BCUT2D eigenvalue weighted by Gasteiger charge is -2.10. The number of rotatable bonds is 5. The lowest BCUT2D eigenvalue weighted by atomic mass is 10.2. The van der Waals surface area contributed by atoms with Crippen LogP contribution in [0.25, 0.3) is 0 Å². The number of carbonyl (C=O) groups excluding carboxylic acids is 1. The molecule has 2 N–H and O–H groups in total. The van der Waals surface area contributed by atoms with Crippen LogP contribution in [-0.4, -0.2) is 12.5 Å². The average Bonchev–Trinajstić information content (AvgIpc) is 2.45. The van der Waals surface area contributed by atoms with Gasteiger partial charge in [-0.15, -0.1) is 0 Å². The van der Waals surface area contributed by atoms with Crippen molar-refractivity contribution in [2.45, 2.75) is 13.5 Å². The van der Waals surface area contributed by atoms with Gasteiger partial charge in [-0.1, -0.05) is 51.8 Å². The van der Waals surface area contributed by atoms with Crippen LogP contribution < -0.4 is 10.6 Å². The van der Waals surface area contributed by atoms with Crippen molar-refractivity contribution in [2.75, 3.05) is 11.9 Å². The predicted octanol–water partition coefficient (Wildman–Crippen LogP) is 4.14. The average molecular weight is 368 g/mol. The molecule has 0 spiro atoms. The first-order valence-corrected chi connectivity index (χ1v) is 7.73. The van der Waals surface area contributed by atoms with Crippen LogP contribution in [0.5, 0.6) is 0 Å². The van der Waals surface area contributed by atoms with E-state index in [1.807, 2.05) is 37.3 Å². The molecule has 21 heavy (non-hydrogen) atoms. The third-order valence-electron chi connectivity index (χ3n) is 3.03. The molecule has 0 bridgehead atoms. The summed E-state index contributed by atoms with van der Waals surface area (Å²) in [5, 5.41) is 6.58. The van der Waals surface area contributed by atoms with Gasteiger partial charge in [0.15, 0.2) is 0 Å². The van der Waals surface area contributed by atoms with Crippen LogP contribution in [0, 0.1) is 6.92 Å². The zero-order valence-electron chi connectivity index (χ0n) is 11.6. The Morgan fingerprint density at radius 2 is 2.00 bits per heavy atom. The maximum atomic E-state index is 11.9. The van der Waals surface area contributed by atoms with Crippen LogP contribution in [-0.2, 0) is 11.3 Å². The number of benzene rings is 2. The van der Waals surface area contributed by atoms with Crippen LogP contribution in [0.1, 0.15) is 11.1 Å². The first kappa shape index (κ1) is 16.0. The van der Waals surface area contributed by atoms with Crippen LogP contribution in [0.4, 0.5) is 5.69 Å². The molecule has 0 heterocycles. The van der Waals surface area contributed by atoms with E-state index in [0.717, 1.165) is 21.3 Å². The van der Waals surface area contributed by atoms with E-state index in [2.05, 4.69) is 26.6 Å². The van der Waals surface area contributed by atoms with Crippen molar-refractivity contribution in [1.82, 2.24) is 5.32 Å². The highest BCUT2D eigenvalue weighted by molar-refractivity contribution is 9.10. The van der Waals surface area contributed by atoms with E-state index in [-0.39, 0.29) is 12.5 Å². The number of nitrogens with one attached hydrogen (secondary N) is 2. The highest BCUT2D eigenvalue weighted by Gasteiger charge is 2.06. The Hall–Kier alpha value is -1.36. The van der Waals surface area contributed by atoms with Crippen molar-refractivity contribution in [3.05, 3.63) is 63.1 Å². The number of anilines is 1. The normalized spacial score (nSPS) is 10.4. The molecule has 0 aliphatic rings. The quantitative estimate of drug-likeness (QED) is 0.834. The van der Waals surface area contributed by atoms with Gasteiger partial charge in [-0.25, -0.2) is 0 Å². The minimum atomic E-state index is -0.0904. The van der Waals surface area contributed by atoms with Crippen LogP contribution in [0.2, 0.25) is 5.02 Å². The van der Waals surface area contributed by atoms with Gasteiger partial charge in [0, 0.05) is 21.7 Å². The number of hydrogen-bond acceptors (Lipinski definition) is 2. The van der Waals surface area contributed by atoms with Gasteiger partial charge in [-0.2, -0.15) is 0 Å². The van der Waals surface area contributed by atoms with Gasteiger partial charge >= 0.3 is 0 Å². The highest BCUT2D eigenvalue weighted by atomic mass is 79.9. The van der Waals surface area contributed by atoms with Gasteiger partial charge in [0.25, 0.3) is 0 Å². The van der Waals surface area contributed by atoms with Gasteiger partial charge in [-0.05, 0) is 36.2 Å². The molecule has 0 unspecified atom stereocenters. The maximum Gasteiger partial charge on any atom is 0.238 e. The first-order chi connectivity index (χ1) is 10.1. The van der Waals surface area contributed by atoms with Crippen molar-refractivity contribution in [3.63, 3.8) is 0 Å². The molecule has 0 radical (unpaired) electrons. The van der Waals surface area contributed by atoms with Gasteiger partial charge in [0.2, 0.25) is 5.91 Å². The molecule has 3 nitrogen and oxygen atoms in total. The summed E-state index contributed by atoms with van der Waals surface area (Å²) >= 11 is 9.41. The molecule has 0 aliphatic carbocycles. The first-order valence-electron chi connectivity index (χ1n) is 6.56. The Kier molecular flexibility index (Phi) is 5.79. The van der Waals surface area contributed by atoms with Crippen molar-refractivity contribution in [2.24, 2.45) is 0 Å². The predicted molar refractivity (Wildman–Crippen MR) is 90.7 cm³/mol. The topological polar surface area (TPSA) is 41.1 Å². The van der Waals surface area contributed by atoms with Crippen molar-refractivity contribution < 1.29 is 4.79 Å². The highest BCUT2D eigenvalue weighted by Crippen LogP contribution is 2.20. The maximum absolute atomic E-state index is 11.9. The van der Waals surface area contributed by atoms with E-state index < -0.39 is 0 Å². The second-order valence-corrected chi connectivity index (χ2v) is 5.99. The fourth-order valence-corrected chi connectivity index (χ4v) is 2.47. The molecular weight excluding hydrogens is 352 g/mol. The summed E-state index contributed by atoms with van der Waals surface area (Å²) in [6.45, 7) is 2.80. The summed E-state index contributed by atoms with van der Waals surface area (Å²) in [6.07, 6.45) is 0. The Balaban J connectivity index is 1.85. The molecule has 0 saturated heterocycles. The van der Waals surface area contributed by atoms with E-state index in [9.17, 15) is 4.79 Å². The fraction of sp³-hybridized carbons (Fsp3) is 0.188. The number of aryl methyl sites for hydroxylation is 1. The van der Waals surface area contributed by atoms with Gasteiger partial charge in [0.05, 0.1) is 6.54 Å². The molecule has 2 aromatic rings. The number of hydrogen-bond donors (Lipinski definition) is 2. The van der Waals surface area contributed by atoms with Gasteiger partial charge in [-0.3, -0.25) is 4.79 Å². The molecule has 1 amide bonds. The van der Waals surface area contributed by atoms with E-state index in [1.54, 1.807) is 12.1 Å². The van der Waals surface area contributed by atoms with E-state index in [0.29, 0.717) is 11.6 Å². The van der Waals surface area contributed by atoms with E-state index in [1.165, 1.54) is 0 Å². The second kappa shape index (κ2) is 7.59. The molecule has 0 aromatic heterocycles. The minimum absolute atomic E-state index is 0.0904. The molecule has 0 aliphatic heterocycles. The number of amides is 1. The fourth-order valence-electron chi connectivity index (χ4n) is 1.88. The molecular formula is C16H16BrClN2O. The summed E-state index contributed by atoms with van der Waals surface area (Å²) in [7, 11) is 0. The zero-order valence-corrected chi connectivity index (χ0v) is 14.0. The monoisotopic (exact) mass is 366 g/mol. The Labute approximate surface area is 137 Å². The van der Waals surface area contributed by atoms with Gasteiger partial charge < -0.3 is 10.6 Å². The lowest BCUT2D eigenvalue weighted by Crippen LogP contribution is -2.28. The van der Waals surface area contributed by atoms with Crippen LogP contribution >= 0.6 is 27.5 Å². The van der Waals surface area contributed by atoms with E-state index in [4.69, 9.17) is 11.6 Å². The summed E-state index contributed by atoms with van der Waals surface area (Å²) in [5.41, 5.74) is 2.85. The summed E-state index contributed by atoms with van der Waals surface area (Å²) in [4.78, 5) is 11.9. The third-order valence-corrected chi connectivity index (χ3v) is 4.04. The summed E-state index contributed by atoms with van der Waals surface area (Å²) in [5.74, 6) is -0.0904. The lowest BCUT2D eigenvalue weighted by molar-refractivity contribution is -0.115. The Morgan fingerprint density at radius 1 is 1.24 bits per heavy atom. The summed E-state index contributed by atoms with van der Waals surface area (Å²) in [6, 6.07) is 13.4. The SMILES string of the molecule is Cc1ccc(Cl)cc1NC(=O)CNCc1ccccc1Br. The van der Waals surface area contributed by atoms with Crippen molar-refractivity contribution in [3.8, 4) is 0 Å². The minimum Gasteiger partial charge on any atom is -0.325 e. The van der Waals surface area contributed by atoms with Crippen LogP contribution in [0.15, 0.2) is 46.9 Å². The smallest absolute Gasteiger partial charge is 0.238 e. The number of carbonyl (C=O) groups is 1. The molecule has 0 fully saturated rings. The van der Waals surface area contributed by atoms with Crippen molar-refractivity contribution >= 4 is 39.1 Å². The summed E-state index contributed by atoms with van der Waals surface area (Å²) < 4.78 is 1.03. The molecule has 0 atom stereocenters. The zero-order chi connectivity index (χ0) is 15.2. The van der Waals surface area contributed by atoms with Crippen LogP contribution in [0.3, 0.4) is 0 Å². The standard InChI is InChI=1S/C16H16BrClN2O/c1-11-6-7-13(18)8-15(11)20-16(21)10-19-9-12-4-2-3-5-14(12)17/h2-8,19H,9-10H2,1H3,(H,20,21). The molecule has 5 heteroatoms. The Bertz CT molecular complexity index is 646. The molecule has 2 rings (SSSR count). The molecule has 0 saturated carbocycles. The molecule has 110 valence electrons. The van der Waals surface area contributed by atoms with Gasteiger partial charge in [0.1, 0.15) is 0 Å². The Morgan fingerprint density at radius 3 is 2.76 bits per heavy atom. The van der Waals surface area contributed by atoms with E-state index >= 15 is 0 Å². The third kappa shape index (κ3) is 4.84. The number of halogens is 2.